The smallest absolute Gasteiger partial charge is 0.181 e. The summed E-state index contributed by atoms with van der Waals surface area (Å²) in [4.78, 5) is 10.5. The normalized spacial score (nSPS) is 10.2. The first-order valence-corrected chi connectivity index (χ1v) is 4.92. The second-order valence-electron chi connectivity index (χ2n) is 3.60. The van der Waals surface area contributed by atoms with Crippen molar-refractivity contribution in [3.8, 4) is 11.1 Å². The molecule has 86 valence electrons. The summed E-state index contributed by atoms with van der Waals surface area (Å²) >= 11 is 0. The van der Waals surface area contributed by atoms with Crippen LogP contribution in [0.3, 0.4) is 0 Å². The molecule has 17 heavy (non-hydrogen) atoms. The van der Waals surface area contributed by atoms with Gasteiger partial charge in [0.25, 0.3) is 0 Å². The Morgan fingerprint density at radius 3 is 2.18 bits per heavy atom. The lowest BCUT2D eigenvalue weighted by atomic mass is 10.0. The number of carbonyl (C=O) groups is 1. The number of benzene rings is 2. The Kier molecular flexibility index (Phi) is 2.87. The molecule has 0 unspecified atom stereocenters. The number of halogens is 2. The Labute approximate surface area is 96.7 Å². The minimum Gasteiger partial charge on any atom is -0.396 e. The summed E-state index contributed by atoms with van der Waals surface area (Å²) < 4.78 is 26.2. The Morgan fingerprint density at radius 1 is 1.00 bits per heavy atom. The first kappa shape index (κ1) is 11.3. The Bertz CT molecular complexity index is 541. The third-order valence-corrected chi connectivity index (χ3v) is 2.44. The van der Waals surface area contributed by atoms with Gasteiger partial charge in [-0.25, -0.2) is 8.78 Å². The minimum absolute atomic E-state index is 0.237. The molecule has 4 heteroatoms. The van der Waals surface area contributed by atoms with Gasteiger partial charge in [0.1, 0.15) is 6.29 Å². The van der Waals surface area contributed by atoms with Crippen LogP contribution in [0, 0.1) is 11.6 Å². The molecule has 2 nitrogen and oxygen atoms in total. The lowest BCUT2D eigenvalue weighted by Gasteiger charge is -2.05. The minimum atomic E-state index is -1.04. The zero-order valence-corrected chi connectivity index (χ0v) is 8.78. The third-order valence-electron chi connectivity index (χ3n) is 2.44. The van der Waals surface area contributed by atoms with E-state index in [1.807, 2.05) is 0 Å². The Balaban J connectivity index is 2.49. The molecule has 2 N–H and O–H groups in total. The summed E-state index contributed by atoms with van der Waals surface area (Å²) in [5.41, 5.74) is 6.76. The molecule has 0 saturated carbocycles. The van der Waals surface area contributed by atoms with Crippen LogP contribution in [-0.4, -0.2) is 6.29 Å². The van der Waals surface area contributed by atoms with Gasteiger partial charge in [-0.05, 0) is 23.3 Å². The fourth-order valence-electron chi connectivity index (χ4n) is 1.53. The Hall–Kier alpha value is -2.23. The molecule has 0 aliphatic rings. The van der Waals surface area contributed by atoms with Crippen molar-refractivity contribution in [2.24, 2.45) is 0 Å². The van der Waals surface area contributed by atoms with Crippen LogP contribution in [-0.2, 0) is 0 Å². The van der Waals surface area contributed by atoms with Gasteiger partial charge in [-0.1, -0.05) is 24.3 Å². The van der Waals surface area contributed by atoms with Crippen molar-refractivity contribution in [2.75, 3.05) is 5.73 Å². The average Bonchev–Trinajstić information content (AvgIpc) is 2.35. The average molecular weight is 233 g/mol. The fraction of sp³-hybridized carbons (Fsp3) is 0. The third kappa shape index (κ3) is 2.15. The van der Waals surface area contributed by atoms with E-state index in [2.05, 4.69) is 0 Å². The van der Waals surface area contributed by atoms with E-state index in [1.54, 1.807) is 24.3 Å². The van der Waals surface area contributed by atoms with Crippen LogP contribution in [0.5, 0.6) is 0 Å². The zero-order valence-electron chi connectivity index (χ0n) is 8.78. The molecule has 0 spiro atoms. The molecule has 2 aromatic carbocycles. The number of nitrogen functional groups attached to an aromatic ring is 1. The zero-order chi connectivity index (χ0) is 12.4. The maximum absolute atomic E-state index is 13.2. The highest BCUT2D eigenvalue weighted by Gasteiger charge is 2.09. The summed E-state index contributed by atoms with van der Waals surface area (Å²) in [7, 11) is 0. The molecule has 0 atom stereocenters. The number of rotatable bonds is 2. The number of anilines is 1. The predicted molar refractivity (Wildman–Crippen MR) is 61.6 cm³/mol. The SMILES string of the molecule is Nc1cc(-c2ccc(C=O)cc2)cc(F)c1F. The van der Waals surface area contributed by atoms with Gasteiger partial charge in [-0.15, -0.1) is 0 Å². The first-order valence-electron chi connectivity index (χ1n) is 4.92. The molecule has 0 bridgehead atoms. The van der Waals surface area contributed by atoms with Crippen molar-refractivity contribution in [1.82, 2.24) is 0 Å². The lowest BCUT2D eigenvalue weighted by Crippen LogP contribution is -1.95. The van der Waals surface area contributed by atoms with Gasteiger partial charge in [-0.3, -0.25) is 4.79 Å². The van der Waals surface area contributed by atoms with Crippen LogP contribution in [0.4, 0.5) is 14.5 Å². The topological polar surface area (TPSA) is 43.1 Å². The second kappa shape index (κ2) is 4.33. The molecule has 0 heterocycles. The monoisotopic (exact) mass is 233 g/mol. The summed E-state index contributed by atoms with van der Waals surface area (Å²) in [5, 5.41) is 0. The molecule has 2 aromatic rings. The van der Waals surface area contributed by atoms with Crippen LogP contribution < -0.4 is 5.73 Å². The molecule has 2 rings (SSSR count). The van der Waals surface area contributed by atoms with Crippen molar-refractivity contribution in [1.29, 1.82) is 0 Å². The van der Waals surface area contributed by atoms with Gasteiger partial charge in [0, 0.05) is 5.56 Å². The van der Waals surface area contributed by atoms with E-state index in [9.17, 15) is 13.6 Å². The molecule has 0 radical (unpaired) electrons. The number of aldehydes is 1. The van der Waals surface area contributed by atoms with Crippen LogP contribution in [0.2, 0.25) is 0 Å². The highest BCUT2D eigenvalue weighted by molar-refractivity contribution is 5.77. The second-order valence-corrected chi connectivity index (χ2v) is 3.60. The summed E-state index contributed by atoms with van der Waals surface area (Å²) in [6.45, 7) is 0. The maximum atomic E-state index is 13.2. The van der Waals surface area contributed by atoms with Gasteiger partial charge >= 0.3 is 0 Å². The summed E-state index contributed by atoms with van der Waals surface area (Å²) in [6, 6.07) is 8.92. The van der Waals surface area contributed by atoms with E-state index in [-0.39, 0.29) is 5.69 Å². The Morgan fingerprint density at radius 2 is 1.65 bits per heavy atom. The molecule has 0 aliphatic carbocycles. The van der Waals surface area contributed by atoms with E-state index in [0.29, 0.717) is 23.0 Å². The maximum Gasteiger partial charge on any atom is 0.181 e. The molecule has 0 aliphatic heterocycles. The van der Waals surface area contributed by atoms with Gasteiger partial charge in [0.2, 0.25) is 0 Å². The largest absolute Gasteiger partial charge is 0.396 e. The van der Waals surface area contributed by atoms with Crippen LogP contribution >= 0.6 is 0 Å². The van der Waals surface area contributed by atoms with E-state index >= 15 is 0 Å². The molecule has 0 aromatic heterocycles. The molecular formula is C13H9F2NO. The van der Waals surface area contributed by atoms with Crippen molar-refractivity contribution < 1.29 is 13.6 Å². The van der Waals surface area contributed by atoms with Crippen molar-refractivity contribution in [2.45, 2.75) is 0 Å². The lowest BCUT2D eigenvalue weighted by molar-refractivity contribution is 0.112. The summed E-state index contributed by atoms with van der Waals surface area (Å²) in [5.74, 6) is -2.03. The van der Waals surface area contributed by atoms with E-state index in [1.165, 1.54) is 6.07 Å². The molecule has 0 amide bonds. The van der Waals surface area contributed by atoms with Gasteiger partial charge in [-0.2, -0.15) is 0 Å². The molecule has 0 fully saturated rings. The van der Waals surface area contributed by atoms with Crippen molar-refractivity contribution in [3.05, 3.63) is 53.6 Å². The molecular weight excluding hydrogens is 224 g/mol. The number of hydrogen-bond acceptors (Lipinski definition) is 2. The quantitative estimate of drug-likeness (QED) is 0.640. The van der Waals surface area contributed by atoms with Crippen LogP contribution in [0.1, 0.15) is 10.4 Å². The van der Waals surface area contributed by atoms with Gasteiger partial charge in [0.15, 0.2) is 11.6 Å². The standard InChI is InChI=1S/C13H9F2NO/c14-11-5-10(6-12(16)13(11)15)9-3-1-8(7-17)2-4-9/h1-7H,16H2. The van der Waals surface area contributed by atoms with Crippen LogP contribution in [0.15, 0.2) is 36.4 Å². The summed E-state index contributed by atoms with van der Waals surface area (Å²) in [6.07, 6.45) is 0.712. The van der Waals surface area contributed by atoms with Gasteiger partial charge < -0.3 is 5.73 Å². The van der Waals surface area contributed by atoms with E-state index in [0.717, 1.165) is 6.07 Å². The predicted octanol–water partition coefficient (Wildman–Crippen LogP) is 3.03. The number of carbonyl (C=O) groups excluding carboxylic acids is 1. The molecule has 0 saturated heterocycles. The highest BCUT2D eigenvalue weighted by atomic mass is 19.2. The fourth-order valence-corrected chi connectivity index (χ4v) is 1.53. The highest BCUT2D eigenvalue weighted by Crippen LogP contribution is 2.25. The van der Waals surface area contributed by atoms with Crippen LogP contribution in [0.25, 0.3) is 11.1 Å². The number of hydrogen-bond donors (Lipinski definition) is 1. The van der Waals surface area contributed by atoms with E-state index < -0.39 is 11.6 Å². The van der Waals surface area contributed by atoms with Gasteiger partial charge in [0.05, 0.1) is 5.69 Å². The van der Waals surface area contributed by atoms with E-state index in [4.69, 9.17) is 5.73 Å². The number of nitrogens with two attached hydrogens (primary N) is 1. The van der Waals surface area contributed by atoms with Crippen molar-refractivity contribution >= 4 is 12.0 Å². The first-order chi connectivity index (χ1) is 8.11. The van der Waals surface area contributed by atoms with Crippen molar-refractivity contribution in [3.63, 3.8) is 0 Å².